The number of halogens is 3. The zero-order valence-corrected chi connectivity index (χ0v) is 11.4. The minimum Gasteiger partial charge on any atom is -0.397 e. The Morgan fingerprint density at radius 2 is 2.19 bits per heavy atom. The van der Waals surface area contributed by atoms with Crippen LogP contribution in [-0.2, 0) is 0 Å². The number of alkyl halides is 3. The third kappa shape index (κ3) is 3.39. The van der Waals surface area contributed by atoms with E-state index in [2.05, 4.69) is 10.2 Å². The predicted molar refractivity (Wildman–Crippen MR) is 70.9 cm³/mol. The number of nitrogens with zero attached hydrogens (tertiary/aromatic N) is 3. The van der Waals surface area contributed by atoms with Gasteiger partial charge >= 0.3 is 6.18 Å². The number of amides is 1. The zero-order chi connectivity index (χ0) is 15.6. The number of fused-ring (bicyclic) bond motifs is 1. The average molecular weight is 320 g/mol. The summed E-state index contributed by atoms with van der Waals surface area (Å²) in [5.41, 5.74) is 5.86. The van der Waals surface area contributed by atoms with Crippen LogP contribution in [0.25, 0.3) is 10.2 Å². The number of thiophene rings is 1. The van der Waals surface area contributed by atoms with Crippen LogP contribution in [0.5, 0.6) is 0 Å². The van der Waals surface area contributed by atoms with Gasteiger partial charge in [-0.2, -0.15) is 18.3 Å². The Kier molecular flexibility index (Phi) is 4.28. The summed E-state index contributed by atoms with van der Waals surface area (Å²) in [6.07, 6.45) is -3.18. The Morgan fingerprint density at radius 1 is 1.48 bits per heavy atom. The molecule has 114 valence electrons. The van der Waals surface area contributed by atoms with Crippen molar-refractivity contribution in [1.82, 2.24) is 15.1 Å². The molecule has 0 aliphatic rings. The molecule has 0 fully saturated rings. The number of anilines is 1. The average Bonchev–Trinajstić information content (AvgIpc) is 2.74. The van der Waals surface area contributed by atoms with Crippen molar-refractivity contribution in [2.24, 2.45) is 0 Å². The third-order valence-corrected chi connectivity index (χ3v) is 3.74. The van der Waals surface area contributed by atoms with Gasteiger partial charge in [-0.3, -0.25) is 4.79 Å². The summed E-state index contributed by atoms with van der Waals surface area (Å²) < 4.78 is 37.5. The van der Waals surface area contributed by atoms with Crippen LogP contribution in [0.3, 0.4) is 0 Å². The van der Waals surface area contributed by atoms with Gasteiger partial charge in [0.2, 0.25) is 0 Å². The normalized spacial score (nSPS) is 11.8. The van der Waals surface area contributed by atoms with Crippen LogP contribution >= 0.6 is 11.3 Å². The number of nitrogen functional groups attached to an aromatic ring is 1. The lowest BCUT2D eigenvalue weighted by Crippen LogP contribution is -2.40. The van der Waals surface area contributed by atoms with Gasteiger partial charge in [-0.15, -0.1) is 16.4 Å². The molecule has 2 rings (SSSR count). The van der Waals surface area contributed by atoms with Gasteiger partial charge < -0.3 is 15.7 Å². The molecule has 6 nitrogen and oxygen atoms in total. The molecular weight excluding hydrogens is 309 g/mol. The second-order valence-electron chi connectivity index (χ2n) is 4.16. The molecule has 2 heterocycles. The van der Waals surface area contributed by atoms with Gasteiger partial charge in [0.25, 0.3) is 5.91 Å². The van der Waals surface area contributed by atoms with E-state index in [0.29, 0.717) is 15.1 Å². The molecule has 0 aliphatic heterocycles. The van der Waals surface area contributed by atoms with Crippen molar-refractivity contribution in [2.75, 3.05) is 25.4 Å². The van der Waals surface area contributed by atoms with Gasteiger partial charge in [-0.1, -0.05) is 0 Å². The monoisotopic (exact) mass is 320 g/mol. The number of aliphatic hydroxyl groups is 1. The molecule has 0 unspecified atom stereocenters. The molecule has 2 aromatic heterocycles. The molecule has 21 heavy (non-hydrogen) atoms. The van der Waals surface area contributed by atoms with E-state index in [1.165, 1.54) is 12.3 Å². The number of hydrogen-bond donors (Lipinski definition) is 2. The van der Waals surface area contributed by atoms with E-state index in [0.717, 1.165) is 11.3 Å². The Labute approximate surface area is 121 Å². The number of aliphatic hydroxyl groups excluding tert-OH is 1. The van der Waals surface area contributed by atoms with Crippen molar-refractivity contribution in [3.63, 3.8) is 0 Å². The van der Waals surface area contributed by atoms with E-state index in [4.69, 9.17) is 10.8 Å². The molecule has 10 heteroatoms. The number of carbonyl (C=O) groups excluding carboxylic acids is 1. The summed E-state index contributed by atoms with van der Waals surface area (Å²) in [4.78, 5) is 13.0. The van der Waals surface area contributed by atoms with Crippen LogP contribution in [0.15, 0.2) is 12.3 Å². The number of rotatable bonds is 4. The first-order valence-electron chi connectivity index (χ1n) is 5.80. The molecule has 0 spiro atoms. The summed E-state index contributed by atoms with van der Waals surface area (Å²) in [5, 5.41) is 16.7. The molecule has 3 N–H and O–H groups in total. The first-order valence-corrected chi connectivity index (χ1v) is 6.61. The minimum atomic E-state index is -4.56. The molecule has 0 atom stereocenters. The molecule has 1 amide bonds. The lowest BCUT2D eigenvalue weighted by atomic mass is 10.2. The number of nitrogens with two attached hydrogens (primary N) is 1. The second-order valence-corrected chi connectivity index (χ2v) is 5.16. The highest BCUT2D eigenvalue weighted by Crippen LogP contribution is 2.33. The summed E-state index contributed by atoms with van der Waals surface area (Å²) in [6.45, 7) is -2.46. The fourth-order valence-corrected chi connectivity index (χ4v) is 2.77. The molecule has 2 aromatic rings. The number of hydrogen-bond acceptors (Lipinski definition) is 6. The lowest BCUT2D eigenvalue weighted by molar-refractivity contribution is -0.141. The van der Waals surface area contributed by atoms with Crippen molar-refractivity contribution < 1.29 is 23.1 Å². The molecular formula is C11H11F3N4O2S. The van der Waals surface area contributed by atoms with Crippen LogP contribution < -0.4 is 5.73 Å². The third-order valence-electron chi connectivity index (χ3n) is 2.64. The first kappa shape index (κ1) is 15.4. The smallest absolute Gasteiger partial charge is 0.397 e. The molecule has 0 saturated heterocycles. The summed E-state index contributed by atoms with van der Waals surface area (Å²) in [6, 6.07) is 1.53. The zero-order valence-electron chi connectivity index (χ0n) is 10.6. The van der Waals surface area contributed by atoms with Crippen LogP contribution in [0, 0.1) is 0 Å². The van der Waals surface area contributed by atoms with Gasteiger partial charge in [-0.05, 0) is 6.07 Å². The van der Waals surface area contributed by atoms with Gasteiger partial charge in [0, 0.05) is 11.9 Å². The molecule has 0 aliphatic carbocycles. The van der Waals surface area contributed by atoms with Crippen molar-refractivity contribution in [3.8, 4) is 0 Å². The maximum Gasteiger partial charge on any atom is 0.406 e. The largest absolute Gasteiger partial charge is 0.406 e. The quantitative estimate of drug-likeness (QED) is 0.885. The van der Waals surface area contributed by atoms with E-state index >= 15 is 0 Å². The van der Waals surface area contributed by atoms with E-state index < -0.39 is 31.8 Å². The Balaban J connectivity index is 2.36. The minimum absolute atomic E-state index is 0.0387. The summed E-state index contributed by atoms with van der Waals surface area (Å²) >= 11 is 0.873. The Morgan fingerprint density at radius 3 is 2.76 bits per heavy atom. The molecule has 0 radical (unpaired) electrons. The SMILES string of the molecule is Nc1c(C(=O)N(CCO)CC(F)(F)F)sc2nnccc12. The van der Waals surface area contributed by atoms with E-state index in [9.17, 15) is 18.0 Å². The highest BCUT2D eigenvalue weighted by atomic mass is 32.1. The number of aromatic nitrogens is 2. The predicted octanol–water partition coefficient (Wildman–Crippen LogP) is 1.27. The van der Waals surface area contributed by atoms with Gasteiger partial charge in [0.1, 0.15) is 16.3 Å². The highest BCUT2D eigenvalue weighted by Gasteiger charge is 2.34. The molecule has 0 bridgehead atoms. The van der Waals surface area contributed by atoms with Crippen molar-refractivity contribution in [1.29, 1.82) is 0 Å². The molecule has 0 aromatic carbocycles. The van der Waals surface area contributed by atoms with Crippen LogP contribution in [0.2, 0.25) is 0 Å². The van der Waals surface area contributed by atoms with Gasteiger partial charge in [-0.25, -0.2) is 0 Å². The van der Waals surface area contributed by atoms with Crippen molar-refractivity contribution >= 4 is 33.1 Å². The number of carbonyl (C=O) groups is 1. The van der Waals surface area contributed by atoms with E-state index in [1.54, 1.807) is 0 Å². The summed E-state index contributed by atoms with van der Waals surface area (Å²) in [7, 11) is 0. The lowest BCUT2D eigenvalue weighted by Gasteiger charge is -2.22. The second kappa shape index (κ2) is 5.82. The summed E-state index contributed by atoms with van der Waals surface area (Å²) in [5.74, 6) is -0.887. The van der Waals surface area contributed by atoms with Crippen LogP contribution in [0.1, 0.15) is 9.67 Å². The fraction of sp³-hybridized carbons (Fsp3) is 0.364. The highest BCUT2D eigenvalue weighted by molar-refractivity contribution is 7.21. The Hall–Kier alpha value is -1.94. The maximum absolute atomic E-state index is 12.5. The topological polar surface area (TPSA) is 92.3 Å². The Bertz CT molecular complexity index is 658. The van der Waals surface area contributed by atoms with Crippen molar-refractivity contribution in [3.05, 3.63) is 17.1 Å². The van der Waals surface area contributed by atoms with E-state index in [-0.39, 0.29) is 10.6 Å². The first-order chi connectivity index (χ1) is 9.83. The molecule has 0 saturated carbocycles. The van der Waals surface area contributed by atoms with E-state index in [1.807, 2.05) is 0 Å². The van der Waals surface area contributed by atoms with Crippen molar-refractivity contribution in [2.45, 2.75) is 6.18 Å². The van der Waals surface area contributed by atoms with Gasteiger partial charge in [0.05, 0.1) is 18.5 Å². The maximum atomic E-state index is 12.5. The van der Waals surface area contributed by atoms with Crippen LogP contribution in [0.4, 0.5) is 18.9 Å². The fourth-order valence-electron chi connectivity index (χ4n) is 1.77. The standard InChI is InChI=1S/C11H11F3N4O2S/c12-11(13,14)5-18(3-4-19)10(20)8-7(15)6-1-2-16-17-9(6)21-8/h1-2,19H,3-5,15H2. The van der Waals surface area contributed by atoms with Gasteiger partial charge in [0.15, 0.2) is 0 Å². The van der Waals surface area contributed by atoms with Crippen LogP contribution in [-0.4, -0.2) is 52.0 Å².